The van der Waals surface area contributed by atoms with Crippen molar-refractivity contribution in [1.29, 1.82) is 0 Å². The molecule has 1 N–H and O–H groups in total. The highest BCUT2D eigenvalue weighted by molar-refractivity contribution is 5.78. The van der Waals surface area contributed by atoms with Gasteiger partial charge in [-0.3, -0.25) is 4.79 Å². The number of nitrogens with one attached hydrogen (secondary N) is 1. The zero-order chi connectivity index (χ0) is 8.32. The van der Waals surface area contributed by atoms with Crippen LogP contribution >= 0.6 is 0 Å². The van der Waals surface area contributed by atoms with Crippen LogP contribution in [0.25, 0.3) is 0 Å². The van der Waals surface area contributed by atoms with Crippen molar-refractivity contribution >= 4 is 5.97 Å². The molecule has 1 rings (SSSR count). The molecule has 1 aliphatic carbocycles. The van der Waals surface area contributed by atoms with Gasteiger partial charge in [0.1, 0.15) is 0 Å². The summed E-state index contributed by atoms with van der Waals surface area (Å²) in [7, 11) is 3.32. The Morgan fingerprint density at radius 1 is 1.64 bits per heavy atom. The number of esters is 1. The minimum atomic E-state index is -0.191. The number of rotatable bonds is 3. The summed E-state index contributed by atoms with van der Waals surface area (Å²) in [4.78, 5) is 11.2. The molecular formula is C8H15NO2. The van der Waals surface area contributed by atoms with E-state index in [0.29, 0.717) is 0 Å². The molecule has 0 bridgehead atoms. The third kappa shape index (κ3) is 1.38. The molecule has 0 heterocycles. The fourth-order valence-electron chi connectivity index (χ4n) is 1.61. The molecule has 64 valence electrons. The minimum Gasteiger partial charge on any atom is -0.469 e. The van der Waals surface area contributed by atoms with Crippen LogP contribution in [0, 0.1) is 5.41 Å². The van der Waals surface area contributed by atoms with Gasteiger partial charge in [0, 0.05) is 6.54 Å². The van der Waals surface area contributed by atoms with E-state index in [1.54, 1.807) is 0 Å². The van der Waals surface area contributed by atoms with E-state index in [-0.39, 0.29) is 11.4 Å². The molecule has 0 aromatic rings. The highest BCUT2D eigenvalue weighted by Crippen LogP contribution is 2.41. The van der Waals surface area contributed by atoms with Crippen LogP contribution < -0.4 is 5.32 Å². The first-order chi connectivity index (χ1) is 5.25. The van der Waals surface area contributed by atoms with E-state index in [1.165, 1.54) is 7.11 Å². The lowest BCUT2D eigenvalue weighted by atomic mass is 9.69. The van der Waals surface area contributed by atoms with Crippen molar-refractivity contribution < 1.29 is 9.53 Å². The molecular weight excluding hydrogens is 142 g/mol. The molecule has 1 fully saturated rings. The third-order valence-electron chi connectivity index (χ3n) is 2.44. The Morgan fingerprint density at radius 2 is 2.27 bits per heavy atom. The number of hydrogen-bond donors (Lipinski definition) is 1. The fourth-order valence-corrected chi connectivity index (χ4v) is 1.61. The lowest BCUT2D eigenvalue weighted by Gasteiger charge is -2.38. The van der Waals surface area contributed by atoms with Crippen molar-refractivity contribution in [3.63, 3.8) is 0 Å². The molecule has 0 spiro atoms. The summed E-state index contributed by atoms with van der Waals surface area (Å²) in [5.41, 5.74) is -0.191. The number of ether oxygens (including phenoxy) is 1. The number of hydrogen-bond acceptors (Lipinski definition) is 3. The van der Waals surface area contributed by atoms with E-state index in [2.05, 4.69) is 5.32 Å². The SMILES string of the molecule is CNCC1(C(=O)OC)CCC1. The Balaban J connectivity index is 2.52. The third-order valence-corrected chi connectivity index (χ3v) is 2.44. The summed E-state index contributed by atoms with van der Waals surface area (Å²) < 4.78 is 4.73. The van der Waals surface area contributed by atoms with Gasteiger partial charge in [-0.05, 0) is 19.9 Å². The van der Waals surface area contributed by atoms with E-state index in [9.17, 15) is 4.79 Å². The van der Waals surface area contributed by atoms with E-state index >= 15 is 0 Å². The van der Waals surface area contributed by atoms with Gasteiger partial charge in [-0.1, -0.05) is 6.42 Å². The minimum absolute atomic E-state index is 0.0573. The first kappa shape index (κ1) is 8.53. The van der Waals surface area contributed by atoms with Crippen molar-refractivity contribution in [2.24, 2.45) is 5.41 Å². The summed E-state index contributed by atoms with van der Waals surface area (Å²) in [5.74, 6) is -0.0573. The van der Waals surface area contributed by atoms with Gasteiger partial charge >= 0.3 is 5.97 Å². The van der Waals surface area contributed by atoms with Crippen LogP contribution in [0.4, 0.5) is 0 Å². The summed E-state index contributed by atoms with van der Waals surface area (Å²) in [6.07, 6.45) is 3.10. The van der Waals surface area contributed by atoms with Crippen LogP contribution in [0.3, 0.4) is 0 Å². The standard InChI is InChI=1S/C8H15NO2/c1-9-6-8(4-3-5-8)7(10)11-2/h9H,3-6H2,1-2H3. The maximum absolute atomic E-state index is 11.2. The smallest absolute Gasteiger partial charge is 0.313 e. The van der Waals surface area contributed by atoms with E-state index < -0.39 is 0 Å². The van der Waals surface area contributed by atoms with Gasteiger partial charge in [0.15, 0.2) is 0 Å². The molecule has 0 aromatic heterocycles. The van der Waals surface area contributed by atoms with Crippen molar-refractivity contribution in [2.45, 2.75) is 19.3 Å². The molecule has 1 saturated carbocycles. The summed E-state index contributed by atoms with van der Waals surface area (Å²) in [6.45, 7) is 0.750. The topological polar surface area (TPSA) is 38.3 Å². The van der Waals surface area contributed by atoms with Gasteiger partial charge < -0.3 is 10.1 Å². The van der Waals surface area contributed by atoms with Gasteiger partial charge in [-0.15, -0.1) is 0 Å². The second kappa shape index (κ2) is 3.22. The Hall–Kier alpha value is -0.570. The van der Waals surface area contributed by atoms with Gasteiger partial charge in [-0.2, -0.15) is 0 Å². The fraction of sp³-hybridized carbons (Fsp3) is 0.875. The second-order valence-corrected chi connectivity index (χ2v) is 3.16. The van der Waals surface area contributed by atoms with Crippen molar-refractivity contribution in [1.82, 2.24) is 5.32 Å². The largest absolute Gasteiger partial charge is 0.469 e. The van der Waals surface area contributed by atoms with Crippen LogP contribution in [0.5, 0.6) is 0 Å². The average Bonchev–Trinajstić information content (AvgIpc) is 1.95. The summed E-state index contributed by atoms with van der Waals surface area (Å²) >= 11 is 0. The highest BCUT2D eigenvalue weighted by atomic mass is 16.5. The number of carbonyl (C=O) groups is 1. The quantitative estimate of drug-likeness (QED) is 0.608. The molecule has 11 heavy (non-hydrogen) atoms. The first-order valence-corrected chi connectivity index (χ1v) is 3.98. The van der Waals surface area contributed by atoms with Crippen molar-refractivity contribution in [3.05, 3.63) is 0 Å². The molecule has 0 radical (unpaired) electrons. The summed E-state index contributed by atoms with van der Waals surface area (Å²) in [5, 5.41) is 3.02. The lowest BCUT2D eigenvalue weighted by Crippen LogP contribution is -2.46. The molecule has 1 aliphatic rings. The second-order valence-electron chi connectivity index (χ2n) is 3.16. The van der Waals surface area contributed by atoms with Crippen molar-refractivity contribution in [3.8, 4) is 0 Å². The molecule has 0 aromatic carbocycles. The first-order valence-electron chi connectivity index (χ1n) is 3.98. The van der Waals surface area contributed by atoms with E-state index in [4.69, 9.17) is 4.74 Å². The monoisotopic (exact) mass is 157 g/mol. The maximum Gasteiger partial charge on any atom is 0.313 e. The Labute approximate surface area is 67.1 Å². The van der Waals surface area contributed by atoms with Crippen LogP contribution in [-0.2, 0) is 9.53 Å². The highest BCUT2D eigenvalue weighted by Gasteiger charge is 2.44. The van der Waals surface area contributed by atoms with E-state index in [1.807, 2.05) is 7.05 Å². The van der Waals surface area contributed by atoms with Gasteiger partial charge in [0.2, 0.25) is 0 Å². The molecule has 3 heteroatoms. The van der Waals surface area contributed by atoms with E-state index in [0.717, 1.165) is 25.8 Å². The molecule has 0 aliphatic heterocycles. The normalized spacial score (nSPS) is 20.5. The average molecular weight is 157 g/mol. The Kier molecular flexibility index (Phi) is 2.49. The van der Waals surface area contributed by atoms with Gasteiger partial charge in [0.05, 0.1) is 12.5 Å². The molecule has 0 saturated heterocycles. The maximum atomic E-state index is 11.2. The van der Waals surface area contributed by atoms with Crippen LogP contribution in [0.15, 0.2) is 0 Å². The predicted molar refractivity (Wildman–Crippen MR) is 42.2 cm³/mol. The van der Waals surface area contributed by atoms with Crippen LogP contribution in [-0.4, -0.2) is 26.7 Å². The number of carbonyl (C=O) groups excluding carboxylic acids is 1. The molecule has 0 atom stereocenters. The lowest BCUT2D eigenvalue weighted by molar-refractivity contribution is -0.157. The van der Waals surface area contributed by atoms with Gasteiger partial charge in [0.25, 0.3) is 0 Å². The Bertz CT molecular complexity index is 152. The molecule has 0 amide bonds. The number of methoxy groups -OCH3 is 1. The zero-order valence-electron chi connectivity index (χ0n) is 7.14. The predicted octanol–water partition coefficient (Wildman–Crippen LogP) is 0.549. The molecule has 3 nitrogen and oxygen atoms in total. The Morgan fingerprint density at radius 3 is 2.55 bits per heavy atom. The van der Waals surface area contributed by atoms with Crippen LogP contribution in [0.1, 0.15) is 19.3 Å². The van der Waals surface area contributed by atoms with Crippen molar-refractivity contribution in [2.75, 3.05) is 20.7 Å². The molecule has 0 unspecified atom stereocenters. The zero-order valence-corrected chi connectivity index (χ0v) is 7.14. The van der Waals surface area contributed by atoms with Gasteiger partial charge in [-0.25, -0.2) is 0 Å². The van der Waals surface area contributed by atoms with Crippen LogP contribution in [0.2, 0.25) is 0 Å². The summed E-state index contributed by atoms with van der Waals surface area (Å²) in [6, 6.07) is 0.